The molecule has 0 aromatic heterocycles. The smallest absolute Gasteiger partial charge is 0.258 e. The molecule has 3 aromatic rings. The molecular formula is C25H25N3O4S. The highest BCUT2D eigenvalue weighted by Gasteiger charge is 2.27. The molecule has 4 rings (SSSR count). The second kappa shape index (κ2) is 8.71. The third kappa shape index (κ3) is 4.75. The molecule has 0 atom stereocenters. The van der Waals surface area contributed by atoms with E-state index < -0.39 is 10.0 Å². The molecule has 8 heteroatoms. The molecule has 3 aromatic carbocycles. The van der Waals surface area contributed by atoms with Gasteiger partial charge in [-0.2, -0.15) is 0 Å². The summed E-state index contributed by atoms with van der Waals surface area (Å²) in [5, 5.41) is 2.77. The van der Waals surface area contributed by atoms with Crippen molar-refractivity contribution in [2.75, 3.05) is 27.3 Å². The van der Waals surface area contributed by atoms with Gasteiger partial charge in [-0.15, -0.1) is 0 Å². The van der Waals surface area contributed by atoms with E-state index in [4.69, 9.17) is 0 Å². The Hall–Kier alpha value is -3.65. The molecule has 33 heavy (non-hydrogen) atoms. The average Bonchev–Trinajstić information content (AvgIpc) is 2.78. The van der Waals surface area contributed by atoms with Crippen LogP contribution in [-0.4, -0.2) is 33.0 Å². The van der Waals surface area contributed by atoms with Crippen LogP contribution in [0.2, 0.25) is 0 Å². The second-order valence-corrected chi connectivity index (χ2v) is 10.1. The first-order chi connectivity index (χ1) is 15.6. The molecule has 170 valence electrons. The van der Waals surface area contributed by atoms with Crippen molar-refractivity contribution >= 4 is 38.9 Å². The van der Waals surface area contributed by atoms with Crippen molar-refractivity contribution in [1.29, 1.82) is 0 Å². The summed E-state index contributed by atoms with van der Waals surface area (Å²) in [5.41, 5.74) is 4.86. The first-order valence-electron chi connectivity index (χ1n) is 10.5. The van der Waals surface area contributed by atoms with E-state index in [1.54, 1.807) is 42.5 Å². The summed E-state index contributed by atoms with van der Waals surface area (Å²) in [5.74, 6) is -0.547. The molecule has 0 radical (unpaired) electrons. The average molecular weight is 464 g/mol. The summed E-state index contributed by atoms with van der Waals surface area (Å²) in [6.07, 6.45) is 1.19. The number of hydrogen-bond donors (Lipinski definition) is 1. The zero-order chi connectivity index (χ0) is 23.8. The number of benzene rings is 3. The van der Waals surface area contributed by atoms with Gasteiger partial charge in [0.05, 0.1) is 29.9 Å². The van der Waals surface area contributed by atoms with Gasteiger partial charge >= 0.3 is 0 Å². The van der Waals surface area contributed by atoms with Crippen LogP contribution in [-0.2, 0) is 21.4 Å². The fourth-order valence-electron chi connectivity index (χ4n) is 3.86. The van der Waals surface area contributed by atoms with Crippen LogP contribution in [0.5, 0.6) is 0 Å². The van der Waals surface area contributed by atoms with Crippen molar-refractivity contribution < 1.29 is 18.0 Å². The number of sulfonamides is 1. The highest BCUT2D eigenvalue weighted by molar-refractivity contribution is 7.92. The number of rotatable bonds is 5. The summed E-state index contributed by atoms with van der Waals surface area (Å²) in [7, 11) is -3.52. The lowest BCUT2D eigenvalue weighted by Crippen LogP contribution is -2.42. The molecule has 2 amide bonds. The zero-order valence-corrected chi connectivity index (χ0v) is 19.5. The van der Waals surface area contributed by atoms with Crippen LogP contribution < -0.4 is 14.5 Å². The number of nitrogens with zero attached hydrogens (tertiary/aromatic N) is 2. The maximum atomic E-state index is 13.1. The number of carbonyl (C=O) groups is 2. The van der Waals surface area contributed by atoms with Gasteiger partial charge < -0.3 is 5.32 Å². The van der Waals surface area contributed by atoms with Gasteiger partial charge in [0.1, 0.15) is 6.54 Å². The Kier molecular flexibility index (Phi) is 5.95. The van der Waals surface area contributed by atoms with E-state index in [-0.39, 0.29) is 24.9 Å². The highest BCUT2D eigenvalue weighted by atomic mass is 32.2. The van der Waals surface area contributed by atoms with Crippen LogP contribution >= 0.6 is 0 Å². The number of para-hydroxylation sites is 2. The van der Waals surface area contributed by atoms with Gasteiger partial charge in [-0.1, -0.05) is 36.4 Å². The Bertz CT molecular complexity index is 1330. The van der Waals surface area contributed by atoms with Crippen molar-refractivity contribution in [3.8, 4) is 0 Å². The first kappa shape index (κ1) is 22.5. The van der Waals surface area contributed by atoms with Crippen LogP contribution in [0.4, 0.5) is 17.1 Å². The molecule has 1 aliphatic heterocycles. The van der Waals surface area contributed by atoms with Crippen LogP contribution in [0.25, 0.3) is 0 Å². The SMILES string of the molecule is Cc1ccc(C)c(N(Cc2ccc(C(=O)N3CC(=O)Nc4ccccc43)cc2)S(C)(=O)=O)c1. The minimum absolute atomic E-state index is 0.0634. The van der Waals surface area contributed by atoms with Crippen LogP contribution in [0.1, 0.15) is 27.0 Å². The quantitative estimate of drug-likeness (QED) is 0.622. The van der Waals surface area contributed by atoms with Gasteiger partial charge in [0.2, 0.25) is 15.9 Å². The first-order valence-corrected chi connectivity index (χ1v) is 12.3. The standard InChI is InChI=1S/C25H25N3O4S/c1-17-8-9-18(2)23(14-17)28(33(3,31)32)15-19-10-12-20(13-11-19)25(30)27-16-24(29)26-21-6-4-5-7-22(21)27/h4-14H,15-16H2,1-3H3,(H,26,29). The Balaban J connectivity index is 1.60. The van der Waals surface area contributed by atoms with Gasteiger partial charge in [0.25, 0.3) is 5.91 Å². The third-order valence-corrected chi connectivity index (χ3v) is 6.70. The number of anilines is 3. The molecule has 0 bridgehead atoms. The zero-order valence-electron chi connectivity index (χ0n) is 18.7. The van der Waals surface area contributed by atoms with Gasteiger partial charge in [0, 0.05) is 5.56 Å². The Morgan fingerprint density at radius 1 is 1.03 bits per heavy atom. The van der Waals surface area contributed by atoms with Crippen LogP contribution in [0.3, 0.4) is 0 Å². The van der Waals surface area contributed by atoms with E-state index in [9.17, 15) is 18.0 Å². The monoisotopic (exact) mass is 463 g/mol. The predicted octanol–water partition coefficient (Wildman–Crippen LogP) is 3.87. The molecule has 1 heterocycles. The molecule has 0 unspecified atom stereocenters. The van der Waals surface area contributed by atoms with E-state index in [0.717, 1.165) is 16.7 Å². The van der Waals surface area contributed by atoms with Crippen molar-refractivity contribution in [2.24, 2.45) is 0 Å². The topological polar surface area (TPSA) is 86.8 Å². The molecule has 0 saturated heterocycles. The summed E-state index contributed by atoms with van der Waals surface area (Å²) in [6, 6.07) is 19.7. The van der Waals surface area contributed by atoms with Crippen molar-refractivity contribution in [3.05, 3.63) is 89.0 Å². The predicted molar refractivity (Wildman–Crippen MR) is 130 cm³/mol. The van der Waals surface area contributed by atoms with Gasteiger partial charge in [-0.3, -0.25) is 18.8 Å². The van der Waals surface area contributed by atoms with E-state index in [1.807, 2.05) is 38.1 Å². The van der Waals surface area contributed by atoms with E-state index >= 15 is 0 Å². The van der Waals surface area contributed by atoms with Crippen LogP contribution in [0.15, 0.2) is 66.7 Å². The summed E-state index contributed by atoms with van der Waals surface area (Å²) >= 11 is 0. The second-order valence-electron chi connectivity index (χ2n) is 8.21. The number of carbonyl (C=O) groups excluding carboxylic acids is 2. The number of amides is 2. The maximum absolute atomic E-state index is 13.1. The molecule has 1 N–H and O–H groups in total. The third-order valence-electron chi connectivity index (χ3n) is 5.58. The molecule has 0 aliphatic carbocycles. The Labute approximate surface area is 193 Å². The van der Waals surface area contributed by atoms with E-state index in [1.165, 1.54) is 15.5 Å². The summed E-state index contributed by atoms with van der Waals surface area (Å²) in [4.78, 5) is 26.7. The highest BCUT2D eigenvalue weighted by Crippen LogP contribution is 2.30. The van der Waals surface area contributed by atoms with Crippen molar-refractivity contribution in [2.45, 2.75) is 20.4 Å². The lowest BCUT2D eigenvalue weighted by atomic mass is 10.1. The van der Waals surface area contributed by atoms with Crippen LogP contribution in [0, 0.1) is 13.8 Å². The molecular weight excluding hydrogens is 438 g/mol. The largest absolute Gasteiger partial charge is 0.323 e. The lowest BCUT2D eigenvalue weighted by Gasteiger charge is -2.29. The minimum Gasteiger partial charge on any atom is -0.323 e. The Morgan fingerprint density at radius 2 is 1.73 bits per heavy atom. The number of nitrogens with one attached hydrogen (secondary N) is 1. The summed E-state index contributed by atoms with van der Waals surface area (Å²) < 4.78 is 26.5. The normalized spacial score (nSPS) is 13.3. The summed E-state index contributed by atoms with van der Waals surface area (Å²) in [6.45, 7) is 3.88. The van der Waals surface area contributed by atoms with Gasteiger partial charge in [-0.25, -0.2) is 8.42 Å². The minimum atomic E-state index is -3.52. The van der Waals surface area contributed by atoms with Crippen molar-refractivity contribution in [3.63, 3.8) is 0 Å². The van der Waals surface area contributed by atoms with E-state index in [2.05, 4.69) is 5.32 Å². The van der Waals surface area contributed by atoms with E-state index in [0.29, 0.717) is 22.6 Å². The molecule has 0 saturated carbocycles. The number of aryl methyl sites for hydroxylation is 2. The number of hydrogen-bond acceptors (Lipinski definition) is 4. The molecule has 0 spiro atoms. The fraction of sp³-hybridized carbons (Fsp3) is 0.200. The van der Waals surface area contributed by atoms with Gasteiger partial charge in [-0.05, 0) is 60.9 Å². The lowest BCUT2D eigenvalue weighted by molar-refractivity contribution is -0.115. The molecule has 1 aliphatic rings. The van der Waals surface area contributed by atoms with Crippen molar-refractivity contribution in [1.82, 2.24) is 0 Å². The Morgan fingerprint density at radius 3 is 2.42 bits per heavy atom. The van der Waals surface area contributed by atoms with Gasteiger partial charge in [0.15, 0.2) is 0 Å². The molecule has 7 nitrogen and oxygen atoms in total. The number of fused-ring (bicyclic) bond motifs is 1. The fourth-order valence-corrected chi connectivity index (χ4v) is 4.80. The molecule has 0 fully saturated rings. The maximum Gasteiger partial charge on any atom is 0.258 e.